The van der Waals surface area contributed by atoms with Gasteiger partial charge in [0.25, 0.3) is 0 Å². The lowest BCUT2D eigenvalue weighted by molar-refractivity contribution is -0.138. The van der Waals surface area contributed by atoms with Gasteiger partial charge in [-0.25, -0.2) is 0 Å². The van der Waals surface area contributed by atoms with Crippen LogP contribution >= 0.6 is 0 Å². The molecule has 0 bridgehead atoms. The zero-order valence-corrected chi connectivity index (χ0v) is 13.5. The van der Waals surface area contributed by atoms with Crippen molar-refractivity contribution in [3.05, 3.63) is 48.0 Å². The molecule has 4 heteroatoms. The molecule has 2 heterocycles. The van der Waals surface area contributed by atoms with E-state index >= 15 is 0 Å². The van der Waals surface area contributed by atoms with Gasteiger partial charge in [-0.3, -0.25) is 9.69 Å². The minimum atomic E-state index is -0.131. The van der Waals surface area contributed by atoms with Crippen LogP contribution in [-0.4, -0.2) is 41.9 Å². The van der Waals surface area contributed by atoms with Crippen molar-refractivity contribution in [2.24, 2.45) is 5.41 Å². The third-order valence-corrected chi connectivity index (χ3v) is 5.23. The van der Waals surface area contributed by atoms with Gasteiger partial charge in [-0.05, 0) is 50.0 Å². The van der Waals surface area contributed by atoms with Crippen LogP contribution in [0.1, 0.15) is 30.4 Å². The fourth-order valence-corrected chi connectivity index (χ4v) is 3.82. The van der Waals surface area contributed by atoms with Crippen LogP contribution in [0.2, 0.25) is 0 Å². The van der Waals surface area contributed by atoms with E-state index in [9.17, 15) is 4.79 Å². The first-order valence-electron chi connectivity index (χ1n) is 8.28. The largest absolute Gasteiger partial charge is 0.338 e. The molecule has 2 aliphatic heterocycles. The Labute approximate surface area is 138 Å². The quantitative estimate of drug-likeness (QED) is 0.803. The number of carbonyl (C=O) groups excluding carboxylic acids is 1. The van der Waals surface area contributed by atoms with Crippen molar-refractivity contribution >= 4 is 5.91 Å². The number of rotatable bonds is 4. The SMILES string of the molecule is C=CCN1CCC2(CCN(Cc3cccc(C#N)c3)CC2)C1=O. The zero-order chi connectivity index (χ0) is 16.3. The number of amides is 1. The van der Waals surface area contributed by atoms with Gasteiger partial charge in [0.15, 0.2) is 0 Å². The van der Waals surface area contributed by atoms with Gasteiger partial charge in [-0.1, -0.05) is 18.2 Å². The number of hydrogen-bond acceptors (Lipinski definition) is 3. The van der Waals surface area contributed by atoms with Gasteiger partial charge in [-0.15, -0.1) is 6.58 Å². The van der Waals surface area contributed by atoms with Crippen molar-refractivity contribution in [1.82, 2.24) is 9.80 Å². The van der Waals surface area contributed by atoms with Crippen LogP contribution in [0.15, 0.2) is 36.9 Å². The van der Waals surface area contributed by atoms with Crippen LogP contribution in [0.25, 0.3) is 0 Å². The molecule has 0 aromatic heterocycles. The summed E-state index contributed by atoms with van der Waals surface area (Å²) in [6, 6.07) is 9.98. The fourth-order valence-electron chi connectivity index (χ4n) is 3.82. The number of hydrogen-bond donors (Lipinski definition) is 0. The topological polar surface area (TPSA) is 47.3 Å². The van der Waals surface area contributed by atoms with Crippen LogP contribution in [0.4, 0.5) is 0 Å². The monoisotopic (exact) mass is 309 g/mol. The number of nitrogens with zero attached hydrogens (tertiary/aromatic N) is 3. The predicted molar refractivity (Wildman–Crippen MR) is 89.5 cm³/mol. The molecule has 2 saturated heterocycles. The second-order valence-corrected chi connectivity index (χ2v) is 6.66. The highest BCUT2D eigenvalue weighted by Gasteiger charge is 2.47. The van der Waals surface area contributed by atoms with Crippen molar-refractivity contribution in [2.45, 2.75) is 25.8 Å². The van der Waals surface area contributed by atoms with E-state index in [2.05, 4.69) is 23.6 Å². The van der Waals surface area contributed by atoms with Gasteiger partial charge in [0.2, 0.25) is 5.91 Å². The summed E-state index contributed by atoms with van der Waals surface area (Å²) in [5.41, 5.74) is 1.75. The van der Waals surface area contributed by atoms with Crippen LogP contribution in [-0.2, 0) is 11.3 Å². The lowest BCUT2D eigenvalue weighted by atomic mass is 9.77. The molecule has 1 spiro atoms. The van der Waals surface area contributed by atoms with E-state index in [0.717, 1.165) is 45.4 Å². The molecule has 0 N–H and O–H groups in total. The smallest absolute Gasteiger partial charge is 0.229 e. The van der Waals surface area contributed by atoms with Gasteiger partial charge < -0.3 is 4.90 Å². The van der Waals surface area contributed by atoms with E-state index in [1.54, 1.807) is 0 Å². The molecular weight excluding hydrogens is 286 g/mol. The Morgan fingerprint density at radius 3 is 2.70 bits per heavy atom. The number of piperidine rings is 1. The second kappa shape index (κ2) is 6.55. The highest BCUT2D eigenvalue weighted by atomic mass is 16.2. The number of benzene rings is 1. The molecule has 0 radical (unpaired) electrons. The summed E-state index contributed by atoms with van der Waals surface area (Å²) in [7, 11) is 0. The lowest BCUT2D eigenvalue weighted by Crippen LogP contribution is -2.44. The molecule has 4 nitrogen and oxygen atoms in total. The summed E-state index contributed by atoms with van der Waals surface area (Å²) in [6.45, 7) is 8.04. The van der Waals surface area contributed by atoms with Gasteiger partial charge in [-0.2, -0.15) is 5.26 Å². The molecule has 2 fully saturated rings. The number of likely N-dealkylation sites (tertiary alicyclic amines) is 2. The van der Waals surface area contributed by atoms with E-state index in [4.69, 9.17) is 5.26 Å². The molecule has 1 aromatic carbocycles. The first-order valence-corrected chi connectivity index (χ1v) is 8.28. The Balaban J connectivity index is 1.59. The Morgan fingerprint density at radius 1 is 1.26 bits per heavy atom. The van der Waals surface area contributed by atoms with Crippen molar-refractivity contribution in [3.63, 3.8) is 0 Å². The van der Waals surface area contributed by atoms with Crippen LogP contribution < -0.4 is 0 Å². The molecule has 0 saturated carbocycles. The van der Waals surface area contributed by atoms with Gasteiger partial charge in [0.1, 0.15) is 0 Å². The molecule has 1 aromatic rings. The Morgan fingerprint density at radius 2 is 2.00 bits per heavy atom. The number of carbonyl (C=O) groups is 1. The van der Waals surface area contributed by atoms with Crippen molar-refractivity contribution in [1.29, 1.82) is 5.26 Å². The maximum Gasteiger partial charge on any atom is 0.229 e. The molecule has 0 atom stereocenters. The molecular formula is C19H23N3O. The number of nitriles is 1. The summed E-state index contributed by atoms with van der Waals surface area (Å²) >= 11 is 0. The summed E-state index contributed by atoms with van der Waals surface area (Å²) in [5, 5.41) is 8.99. The van der Waals surface area contributed by atoms with Gasteiger partial charge in [0.05, 0.1) is 17.0 Å². The Kier molecular flexibility index (Phi) is 4.49. The molecule has 120 valence electrons. The third kappa shape index (κ3) is 3.16. The van der Waals surface area contributed by atoms with Gasteiger partial charge in [0, 0.05) is 19.6 Å². The van der Waals surface area contributed by atoms with E-state index in [1.807, 2.05) is 29.2 Å². The standard InChI is InChI=1S/C19H23N3O/c1-2-9-22-12-8-19(18(22)23)6-10-21(11-7-19)15-17-5-3-4-16(13-17)14-20/h2-5,13H,1,6-12,15H2. The van der Waals surface area contributed by atoms with Crippen molar-refractivity contribution < 1.29 is 4.79 Å². The maximum absolute atomic E-state index is 12.6. The first kappa shape index (κ1) is 15.8. The second-order valence-electron chi connectivity index (χ2n) is 6.66. The minimum Gasteiger partial charge on any atom is -0.338 e. The zero-order valence-electron chi connectivity index (χ0n) is 13.5. The van der Waals surface area contributed by atoms with E-state index in [-0.39, 0.29) is 5.41 Å². The Hall–Kier alpha value is -2.12. The van der Waals surface area contributed by atoms with Crippen LogP contribution in [0.5, 0.6) is 0 Å². The minimum absolute atomic E-state index is 0.131. The first-order chi connectivity index (χ1) is 11.2. The average molecular weight is 309 g/mol. The molecule has 23 heavy (non-hydrogen) atoms. The van der Waals surface area contributed by atoms with E-state index in [1.165, 1.54) is 5.56 Å². The average Bonchev–Trinajstić information content (AvgIpc) is 2.87. The highest BCUT2D eigenvalue weighted by Crippen LogP contribution is 2.41. The highest BCUT2D eigenvalue weighted by molar-refractivity contribution is 5.85. The fraction of sp³-hybridized carbons (Fsp3) is 0.474. The molecule has 3 rings (SSSR count). The maximum atomic E-state index is 12.6. The molecule has 0 aliphatic carbocycles. The van der Waals surface area contributed by atoms with Crippen LogP contribution in [0, 0.1) is 16.7 Å². The van der Waals surface area contributed by atoms with Crippen LogP contribution in [0.3, 0.4) is 0 Å². The van der Waals surface area contributed by atoms with Crippen molar-refractivity contribution in [2.75, 3.05) is 26.2 Å². The Bertz CT molecular complexity index is 638. The summed E-state index contributed by atoms with van der Waals surface area (Å²) in [4.78, 5) is 17.0. The third-order valence-electron chi connectivity index (χ3n) is 5.23. The van der Waals surface area contributed by atoms with Crippen molar-refractivity contribution in [3.8, 4) is 6.07 Å². The summed E-state index contributed by atoms with van der Waals surface area (Å²) < 4.78 is 0. The predicted octanol–water partition coefficient (Wildman–Crippen LogP) is 2.56. The lowest BCUT2D eigenvalue weighted by Gasteiger charge is -2.38. The molecule has 2 aliphatic rings. The normalized spacial score (nSPS) is 20.7. The van der Waals surface area contributed by atoms with E-state index < -0.39 is 0 Å². The van der Waals surface area contributed by atoms with E-state index in [0.29, 0.717) is 18.0 Å². The molecule has 1 amide bonds. The molecule has 0 unspecified atom stereocenters. The van der Waals surface area contributed by atoms with Gasteiger partial charge >= 0.3 is 0 Å². The summed E-state index contributed by atoms with van der Waals surface area (Å²) in [6.07, 6.45) is 4.68. The summed E-state index contributed by atoms with van der Waals surface area (Å²) in [5.74, 6) is 0.323.